The average molecular weight is 297 g/mol. The molecule has 0 fully saturated rings. The number of rotatable bonds is 4. The Hall–Kier alpha value is -2.17. The summed E-state index contributed by atoms with van der Waals surface area (Å²) in [4.78, 5) is 1.62. The molecule has 1 aromatic carbocycles. The van der Waals surface area contributed by atoms with E-state index in [0.717, 1.165) is 12.1 Å². The summed E-state index contributed by atoms with van der Waals surface area (Å²) in [6.45, 7) is 6.58. The predicted octanol–water partition coefficient (Wildman–Crippen LogP) is 3.17. The summed E-state index contributed by atoms with van der Waals surface area (Å²) in [5, 5.41) is 14.5. The average Bonchev–Trinajstić information content (AvgIpc) is 3.03. The highest BCUT2D eigenvalue weighted by Gasteiger charge is 2.14. The van der Waals surface area contributed by atoms with Crippen molar-refractivity contribution < 1.29 is 0 Å². The summed E-state index contributed by atoms with van der Waals surface area (Å²) in [6, 6.07) is 6.65. The van der Waals surface area contributed by atoms with Gasteiger partial charge in [-0.2, -0.15) is 20.1 Å². The number of aryl methyl sites for hydroxylation is 2. The Morgan fingerprint density at radius 2 is 1.86 bits per heavy atom. The van der Waals surface area contributed by atoms with Crippen LogP contribution in [0.3, 0.4) is 0 Å². The number of benzene rings is 1. The van der Waals surface area contributed by atoms with E-state index in [1.165, 1.54) is 22.2 Å². The summed E-state index contributed by atoms with van der Waals surface area (Å²) >= 11 is 0. The van der Waals surface area contributed by atoms with Crippen LogP contribution in [0.25, 0.3) is 10.9 Å². The van der Waals surface area contributed by atoms with Gasteiger partial charge in [0.1, 0.15) is 0 Å². The Morgan fingerprint density at radius 3 is 2.50 bits per heavy atom. The molecule has 3 aromatic rings. The number of nitrogens with zero attached hydrogens (tertiary/aromatic N) is 5. The smallest absolute Gasteiger partial charge is 0.0858 e. The van der Waals surface area contributed by atoms with E-state index < -0.39 is 0 Å². The number of hydrogen-bond donors (Lipinski definition) is 0. The maximum absolute atomic E-state index is 4.66. The monoisotopic (exact) mass is 297 g/mol. The molecule has 0 saturated carbocycles. The highest BCUT2D eigenvalue weighted by Crippen LogP contribution is 2.27. The first-order valence-electron chi connectivity index (χ1n) is 7.77. The quantitative estimate of drug-likeness (QED) is 0.743. The van der Waals surface area contributed by atoms with E-state index in [9.17, 15) is 0 Å². The van der Waals surface area contributed by atoms with Crippen molar-refractivity contribution >= 4 is 10.9 Å². The summed E-state index contributed by atoms with van der Waals surface area (Å²) in [5.41, 5.74) is 4.73. The number of hydrogen-bond acceptors (Lipinski definition) is 3. The van der Waals surface area contributed by atoms with E-state index in [0.29, 0.717) is 11.8 Å². The fourth-order valence-electron chi connectivity index (χ4n) is 2.94. The summed E-state index contributed by atoms with van der Waals surface area (Å²) < 4.78 is 1.97. The van der Waals surface area contributed by atoms with Crippen molar-refractivity contribution in [2.45, 2.75) is 39.0 Å². The van der Waals surface area contributed by atoms with Crippen LogP contribution >= 0.6 is 0 Å². The van der Waals surface area contributed by atoms with E-state index in [4.69, 9.17) is 0 Å². The lowest BCUT2D eigenvalue weighted by Gasteiger charge is -2.09. The third kappa shape index (κ3) is 2.63. The summed E-state index contributed by atoms with van der Waals surface area (Å²) in [7, 11) is 3.86. The fourth-order valence-corrected chi connectivity index (χ4v) is 2.94. The molecule has 22 heavy (non-hydrogen) atoms. The standard InChI is InChI=1S/C17H23N5/c1-11(2)17-14-9-13(6-7-16(14)21(4)20-17)8-12(3)15-10-18-22(5)19-15/h6-7,9-12H,8H2,1-5H3. The minimum atomic E-state index is 0.352. The molecule has 0 bridgehead atoms. The molecule has 2 aromatic heterocycles. The molecule has 0 aliphatic carbocycles. The van der Waals surface area contributed by atoms with Crippen molar-refractivity contribution in [1.29, 1.82) is 0 Å². The van der Waals surface area contributed by atoms with Crippen LogP contribution in [-0.4, -0.2) is 24.8 Å². The van der Waals surface area contributed by atoms with Crippen molar-refractivity contribution in [3.63, 3.8) is 0 Å². The van der Waals surface area contributed by atoms with Crippen LogP contribution in [0.2, 0.25) is 0 Å². The molecule has 0 aliphatic rings. The molecule has 0 radical (unpaired) electrons. The molecule has 5 nitrogen and oxygen atoms in total. The highest BCUT2D eigenvalue weighted by molar-refractivity contribution is 5.83. The van der Waals surface area contributed by atoms with Crippen LogP contribution in [-0.2, 0) is 20.5 Å². The van der Waals surface area contributed by atoms with Crippen LogP contribution in [0.1, 0.15) is 49.6 Å². The number of fused-ring (bicyclic) bond motifs is 1. The topological polar surface area (TPSA) is 48.5 Å². The molecule has 2 heterocycles. The Kier molecular flexibility index (Phi) is 3.72. The number of aromatic nitrogens is 5. The Labute approximate surface area is 130 Å². The zero-order valence-corrected chi connectivity index (χ0v) is 13.9. The lowest BCUT2D eigenvalue weighted by atomic mass is 9.96. The fraction of sp³-hybridized carbons (Fsp3) is 0.471. The Balaban J connectivity index is 1.93. The van der Waals surface area contributed by atoms with Crippen LogP contribution in [0, 0.1) is 0 Å². The van der Waals surface area contributed by atoms with Gasteiger partial charge >= 0.3 is 0 Å². The van der Waals surface area contributed by atoms with Gasteiger partial charge in [-0.1, -0.05) is 26.8 Å². The molecule has 1 unspecified atom stereocenters. The van der Waals surface area contributed by atoms with Gasteiger partial charge in [-0.15, -0.1) is 0 Å². The maximum atomic E-state index is 4.66. The molecule has 0 N–H and O–H groups in total. The maximum Gasteiger partial charge on any atom is 0.0858 e. The second-order valence-corrected chi connectivity index (χ2v) is 6.38. The van der Waals surface area contributed by atoms with Gasteiger partial charge in [-0.05, 0) is 30.0 Å². The van der Waals surface area contributed by atoms with Gasteiger partial charge in [0.25, 0.3) is 0 Å². The van der Waals surface area contributed by atoms with Gasteiger partial charge in [-0.25, -0.2) is 0 Å². The molecule has 116 valence electrons. The zero-order chi connectivity index (χ0) is 15.9. The molecular weight excluding hydrogens is 274 g/mol. The minimum absolute atomic E-state index is 0.352. The van der Waals surface area contributed by atoms with Crippen molar-refractivity contribution in [2.75, 3.05) is 0 Å². The van der Waals surface area contributed by atoms with Gasteiger partial charge in [0, 0.05) is 25.4 Å². The minimum Gasteiger partial charge on any atom is -0.268 e. The van der Waals surface area contributed by atoms with E-state index in [1.807, 2.05) is 25.0 Å². The normalized spacial score (nSPS) is 13.2. The van der Waals surface area contributed by atoms with Crippen molar-refractivity contribution in [3.05, 3.63) is 41.3 Å². The van der Waals surface area contributed by atoms with Crippen LogP contribution in [0.15, 0.2) is 24.4 Å². The van der Waals surface area contributed by atoms with Crippen LogP contribution in [0.5, 0.6) is 0 Å². The van der Waals surface area contributed by atoms with Gasteiger partial charge < -0.3 is 0 Å². The van der Waals surface area contributed by atoms with E-state index in [-0.39, 0.29) is 0 Å². The first kappa shape index (κ1) is 14.8. The summed E-state index contributed by atoms with van der Waals surface area (Å²) in [5.74, 6) is 0.779. The Morgan fingerprint density at radius 1 is 1.09 bits per heavy atom. The predicted molar refractivity (Wildman–Crippen MR) is 87.9 cm³/mol. The molecule has 0 aliphatic heterocycles. The second kappa shape index (κ2) is 5.55. The molecular formula is C17H23N5. The SMILES string of the molecule is CC(C)c1nn(C)c2ccc(CC(C)c3cnn(C)n3)cc12. The van der Waals surface area contributed by atoms with Crippen molar-refractivity contribution in [2.24, 2.45) is 14.1 Å². The zero-order valence-electron chi connectivity index (χ0n) is 13.9. The third-order valence-corrected chi connectivity index (χ3v) is 4.15. The van der Waals surface area contributed by atoms with Crippen LogP contribution in [0.4, 0.5) is 0 Å². The molecule has 0 spiro atoms. The Bertz CT molecular complexity index is 797. The molecule has 3 rings (SSSR count). The van der Waals surface area contributed by atoms with Gasteiger partial charge in [-0.3, -0.25) is 4.68 Å². The molecule has 0 saturated heterocycles. The van der Waals surface area contributed by atoms with Crippen molar-refractivity contribution in [1.82, 2.24) is 24.8 Å². The second-order valence-electron chi connectivity index (χ2n) is 6.38. The molecule has 0 amide bonds. The molecule has 1 atom stereocenters. The van der Waals surface area contributed by atoms with E-state index in [1.54, 1.807) is 4.80 Å². The van der Waals surface area contributed by atoms with Crippen molar-refractivity contribution in [3.8, 4) is 0 Å². The first-order chi connectivity index (χ1) is 10.5. The van der Waals surface area contributed by atoms with Gasteiger partial charge in [0.2, 0.25) is 0 Å². The van der Waals surface area contributed by atoms with Gasteiger partial charge in [0.05, 0.1) is 23.1 Å². The van der Waals surface area contributed by atoms with Gasteiger partial charge in [0.15, 0.2) is 0 Å². The van der Waals surface area contributed by atoms with E-state index >= 15 is 0 Å². The lowest BCUT2D eigenvalue weighted by molar-refractivity contribution is 0.626. The van der Waals surface area contributed by atoms with Crippen LogP contribution < -0.4 is 0 Å². The summed E-state index contributed by atoms with van der Waals surface area (Å²) in [6.07, 6.45) is 2.81. The van der Waals surface area contributed by atoms with E-state index in [2.05, 4.69) is 54.3 Å². The molecule has 5 heteroatoms. The third-order valence-electron chi connectivity index (χ3n) is 4.15. The lowest BCUT2D eigenvalue weighted by Crippen LogP contribution is -2.01. The first-order valence-corrected chi connectivity index (χ1v) is 7.77. The largest absolute Gasteiger partial charge is 0.268 e. The highest BCUT2D eigenvalue weighted by atomic mass is 15.4.